The van der Waals surface area contributed by atoms with Crippen LogP contribution in [0.5, 0.6) is 0 Å². The number of aromatic nitrogens is 3. The quantitative estimate of drug-likeness (QED) is 0.571. The molecule has 10 heteroatoms. The van der Waals surface area contributed by atoms with Crippen molar-refractivity contribution in [1.82, 2.24) is 15.2 Å². The van der Waals surface area contributed by atoms with E-state index in [1.54, 1.807) is 22.7 Å². The molecule has 0 radical (unpaired) electrons. The van der Waals surface area contributed by atoms with Crippen molar-refractivity contribution in [2.24, 2.45) is 5.92 Å². The van der Waals surface area contributed by atoms with Crippen molar-refractivity contribution < 1.29 is 12.8 Å². The van der Waals surface area contributed by atoms with Gasteiger partial charge in [0, 0.05) is 28.5 Å². The predicted molar refractivity (Wildman–Crippen MR) is 99.8 cm³/mol. The van der Waals surface area contributed by atoms with E-state index >= 15 is 0 Å². The third-order valence-electron chi connectivity index (χ3n) is 3.90. The van der Waals surface area contributed by atoms with E-state index in [2.05, 4.69) is 26.6 Å². The van der Waals surface area contributed by atoms with E-state index in [1.807, 2.05) is 10.8 Å². The van der Waals surface area contributed by atoms with E-state index in [4.69, 9.17) is 4.42 Å². The highest BCUT2D eigenvalue weighted by atomic mass is 32.2. The van der Waals surface area contributed by atoms with E-state index in [0.29, 0.717) is 29.7 Å². The Kier molecular flexibility index (Phi) is 4.94. The van der Waals surface area contributed by atoms with Crippen molar-refractivity contribution in [3.8, 4) is 10.6 Å². The molecule has 6 nitrogen and oxygen atoms in total. The summed E-state index contributed by atoms with van der Waals surface area (Å²) in [5.74, 6) is 1.77. The molecule has 0 spiro atoms. The highest BCUT2D eigenvalue weighted by Crippen LogP contribution is 2.29. The van der Waals surface area contributed by atoms with Gasteiger partial charge >= 0.3 is 0 Å². The summed E-state index contributed by atoms with van der Waals surface area (Å²) in [5, 5.41) is 15.8. The second kappa shape index (κ2) is 7.18. The van der Waals surface area contributed by atoms with Crippen LogP contribution in [-0.2, 0) is 22.0 Å². The minimum absolute atomic E-state index is 0.0926. The van der Waals surface area contributed by atoms with Crippen molar-refractivity contribution in [1.29, 1.82) is 0 Å². The molecule has 3 aromatic heterocycles. The van der Waals surface area contributed by atoms with E-state index in [1.165, 1.54) is 11.8 Å². The maximum atomic E-state index is 11.5. The molecule has 1 atom stereocenters. The average molecular weight is 414 g/mol. The zero-order valence-electron chi connectivity index (χ0n) is 13.1. The molecule has 0 N–H and O–H groups in total. The molecule has 4 rings (SSSR count). The van der Waals surface area contributed by atoms with E-state index in [0.717, 1.165) is 16.3 Å². The lowest BCUT2D eigenvalue weighted by Crippen LogP contribution is -2.07. The monoisotopic (exact) mass is 413 g/mol. The maximum Gasteiger partial charge on any atom is 0.276 e. The molecule has 4 heterocycles. The Morgan fingerprint density at radius 1 is 1.32 bits per heavy atom. The highest BCUT2D eigenvalue weighted by molar-refractivity contribution is 7.98. The number of thiophene rings is 1. The van der Waals surface area contributed by atoms with Crippen LogP contribution >= 0.6 is 34.4 Å². The molecule has 0 unspecified atom stereocenters. The fourth-order valence-corrected chi connectivity index (χ4v) is 6.86. The topological polar surface area (TPSA) is 86.0 Å². The number of nitrogens with zero attached hydrogens (tertiary/aromatic N) is 3. The van der Waals surface area contributed by atoms with Crippen LogP contribution in [0.1, 0.15) is 18.0 Å². The maximum absolute atomic E-state index is 11.5. The molecule has 1 fully saturated rings. The first-order valence-corrected chi connectivity index (χ1v) is 12.3. The number of hydrogen-bond acceptors (Lipinski definition) is 9. The summed E-state index contributed by atoms with van der Waals surface area (Å²) in [5.41, 5.74) is 2.13. The van der Waals surface area contributed by atoms with Gasteiger partial charge in [-0.25, -0.2) is 13.4 Å². The number of thiazole rings is 1. The van der Waals surface area contributed by atoms with Crippen molar-refractivity contribution >= 4 is 44.3 Å². The molecule has 0 bridgehead atoms. The van der Waals surface area contributed by atoms with Crippen molar-refractivity contribution in [2.75, 3.05) is 11.5 Å². The Morgan fingerprint density at radius 3 is 3.00 bits per heavy atom. The Bertz CT molecular complexity index is 947. The van der Waals surface area contributed by atoms with Gasteiger partial charge in [-0.2, -0.15) is 11.3 Å². The summed E-state index contributed by atoms with van der Waals surface area (Å²) in [6, 6.07) is 2.06. The van der Waals surface area contributed by atoms with Gasteiger partial charge in [-0.05, 0) is 23.8 Å². The molecule has 0 saturated carbocycles. The standard InChI is InChI=1S/C15H15N3O3S4/c19-25(20)4-2-10(9-25)5-13-17-18-15(21-13)24-8-12-7-23-14(16-12)11-1-3-22-6-11/h1,3,6-7,10H,2,4-5,8-9H2/t10-/m1/s1. The normalized spacial score (nSPS) is 19.4. The van der Waals surface area contributed by atoms with E-state index in [9.17, 15) is 8.42 Å². The molecule has 1 aliphatic heterocycles. The summed E-state index contributed by atoms with van der Waals surface area (Å²) in [4.78, 5) is 4.62. The van der Waals surface area contributed by atoms with Gasteiger partial charge in [0.05, 0.1) is 17.2 Å². The molecular formula is C15H15N3O3S4. The van der Waals surface area contributed by atoms with Crippen LogP contribution in [0.4, 0.5) is 0 Å². The fourth-order valence-electron chi connectivity index (χ4n) is 2.69. The van der Waals surface area contributed by atoms with Gasteiger partial charge in [0.25, 0.3) is 5.22 Å². The Labute approximate surface area is 157 Å². The lowest BCUT2D eigenvalue weighted by atomic mass is 10.1. The third-order valence-corrected chi connectivity index (χ3v) is 8.21. The summed E-state index contributed by atoms with van der Waals surface area (Å²) < 4.78 is 28.7. The van der Waals surface area contributed by atoms with Gasteiger partial charge < -0.3 is 4.42 Å². The van der Waals surface area contributed by atoms with E-state index in [-0.39, 0.29) is 17.4 Å². The molecule has 0 aromatic carbocycles. The first-order chi connectivity index (χ1) is 12.1. The van der Waals surface area contributed by atoms with Gasteiger partial charge in [-0.1, -0.05) is 11.8 Å². The summed E-state index contributed by atoms with van der Waals surface area (Å²) in [7, 11) is -2.87. The number of sulfone groups is 1. The lowest BCUT2D eigenvalue weighted by Gasteiger charge is -2.01. The van der Waals surface area contributed by atoms with Crippen LogP contribution in [0.2, 0.25) is 0 Å². The van der Waals surface area contributed by atoms with Gasteiger partial charge in [-0.15, -0.1) is 21.5 Å². The molecule has 0 aliphatic carbocycles. The zero-order chi connectivity index (χ0) is 17.3. The Balaban J connectivity index is 1.33. The van der Waals surface area contributed by atoms with E-state index < -0.39 is 9.84 Å². The zero-order valence-corrected chi connectivity index (χ0v) is 16.4. The average Bonchev–Trinajstić information content (AvgIpc) is 3.32. The molecule has 0 amide bonds. The van der Waals surface area contributed by atoms with Crippen LogP contribution in [0.3, 0.4) is 0 Å². The second-order valence-corrected chi connectivity index (χ2v) is 10.7. The van der Waals surface area contributed by atoms with Gasteiger partial charge in [0.1, 0.15) is 5.01 Å². The van der Waals surface area contributed by atoms with Crippen molar-refractivity contribution in [2.45, 2.75) is 23.8 Å². The van der Waals surface area contributed by atoms with Crippen LogP contribution in [-0.4, -0.2) is 35.1 Å². The van der Waals surface area contributed by atoms with Gasteiger partial charge in [0.15, 0.2) is 9.84 Å². The summed E-state index contributed by atoms with van der Waals surface area (Å²) >= 11 is 4.74. The molecule has 25 heavy (non-hydrogen) atoms. The molecule has 1 saturated heterocycles. The molecule has 3 aromatic rings. The van der Waals surface area contributed by atoms with Crippen LogP contribution in [0, 0.1) is 5.92 Å². The molecule has 132 valence electrons. The van der Waals surface area contributed by atoms with Crippen molar-refractivity contribution in [3.05, 3.63) is 33.8 Å². The summed E-state index contributed by atoms with van der Waals surface area (Å²) in [6.07, 6.45) is 1.21. The Morgan fingerprint density at radius 2 is 2.24 bits per heavy atom. The van der Waals surface area contributed by atoms with Crippen LogP contribution in [0.15, 0.2) is 31.8 Å². The number of thioether (sulfide) groups is 1. The predicted octanol–water partition coefficient (Wildman–Crippen LogP) is 3.52. The number of hydrogen-bond donors (Lipinski definition) is 0. The third kappa shape index (κ3) is 4.30. The van der Waals surface area contributed by atoms with Gasteiger partial charge in [0.2, 0.25) is 5.89 Å². The highest BCUT2D eigenvalue weighted by Gasteiger charge is 2.29. The SMILES string of the molecule is O=S1(=O)CC[C@H](Cc2nnc(SCc3csc(-c4ccsc4)n3)o2)C1. The fraction of sp³-hybridized carbons (Fsp3) is 0.400. The lowest BCUT2D eigenvalue weighted by molar-refractivity contribution is 0.389. The first-order valence-electron chi connectivity index (χ1n) is 7.70. The molecular weight excluding hydrogens is 398 g/mol. The van der Waals surface area contributed by atoms with Crippen LogP contribution in [0.25, 0.3) is 10.6 Å². The van der Waals surface area contributed by atoms with Crippen molar-refractivity contribution in [3.63, 3.8) is 0 Å². The minimum Gasteiger partial charge on any atom is -0.416 e. The van der Waals surface area contributed by atoms with Gasteiger partial charge in [-0.3, -0.25) is 0 Å². The number of rotatable bonds is 6. The smallest absolute Gasteiger partial charge is 0.276 e. The largest absolute Gasteiger partial charge is 0.416 e. The van der Waals surface area contributed by atoms with Crippen LogP contribution < -0.4 is 0 Å². The first kappa shape index (κ1) is 17.2. The second-order valence-electron chi connectivity index (χ2n) is 5.88. The Hall–Kier alpha value is -1.23. The summed E-state index contributed by atoms with van der Waals surface area (Å²) in [6.45, 7) is 0. The molecule has 1 aliphatic rings. The minimum atomic E-state index is -2.87.